The van der Waals surface area contributed by atoms with Gasteiger partial charge in [-0.05, 0) is 49.2 Å². The Morgan fingerprint density at radius 2 is 2.19 bits per heavy atom. The van der Waals surface area contributed by atoms with Crippen LogP contribution in [0.3, 0.4) is 0 Å². The minimum absolute atomic E-state index is 0.0450. The Balaban J connectivity index is 1.88. The average molecular weight is 365 g/mol. The molecule has 0 fully saturated rings. The molecule has 5 nitrogen and oxygen atoms in total. The lowest BCUT2D eigenvalue weighted by Crippen LogP contribution is -2.34. The number of benzene rings is 1. The molecule has 3 rings (SSSR count). The topological polar surface area (TPSA) is 71.4 Å². The van der Waals surface area contributed by atoms with Crippen molar-refractivity contribution in [3.8, 4) is 0 Å². The Bertz CT molecular complexity index is 915. The molecule has 1 aliphatic heterocycles. The van der Waals surface area contributed by atoms with Gasteiger partial charge in [0.1, 0.15) is 0 Å². The van der Waals surface area contributed by atoms with Gasteiger partial charge in [0.05, 0.1) is 10.5 Å². The number of carbonyl (C=O) groups is 2. The maximum Gasteiger partial charge on any atom is 0.249 e. The van der Waals surface area contributed by atoms with Gasteiger partial charge in [-0.2, -0.15) is 0 Å². The van der Waals surface area contributed by atoms with Gasteiger partial charge in [0, 0.05) is 30.0 Å². The number of hydrogen-bond acceptors (Lipinski definition) is 4. The number of aliphatic imine (C=N–C) groups is 1. The Morgan fingerprint density at radius 3 is 3.00 bits per heavy atom. The largest absolute Gasteiger partial charge is 0.317 e. The van der Waals surface area contributed by atoms with Crippen molar-refractivity contribution < 1.29 is 9.59 Å². The number of nitrogens with zero attached hydrogens (tertiary/aromatic N) is 2. The highest BCUT2D eigenvalue weighted by Crippen LogP contribution is 2.30. The SMILES string of the molecule is C=NC(=O)CCC1CC/C(c2cccc3ncccc23)=C\C(=O)NC1=S. The summed E-state index contributed by atoms with van der Waals surface area (Å²) in [4.78, 5) is 32.0. The minimum atomic E-state index is -0.253. The molecule has 6 heteroatoms. The Kier molecular flexibility index (Phi) is 5.63. The smallest absolute Gasteiger partial charge is 0.249 e. The van der Waals surface area contributed by atoms with Crippen LogP contribution in [-0.2, 0) is 9.59 Å². The fraction of sp³-hybridized carbons (Fsp3) is 0.250. The molecule has 0 bridgehead atoms. The maximum absolute atomic E-state index is 12.3. The number of pyridine rings is 1. The van der Waals surface area contributed by atoms with Crippen LogP contribution in [0, 0.1) is 5.92 Å². The third-order valence-electron chi connectivity index (χ3n) is 4.56. The van der Waals surface area contributed by atoms with E-state index in [-0.39, 0.29) is 24.2 Å². The van der Waals surface area contributed by atoms with Crippen molar-refractivity contribution in [1.82, 2.24) is 10.3 Å². The first-order valence-electron chi connectivity index (χ1n) is 8.47. The number of thiocarbonyl (C=S) groups is 1. The van der Waals surface area contributed by atoms with E-state index < -0.39 is 0 Å². The third kappa shape index (κ3) is 4.08. The number of rotatable bonds is 4. The molecule has 1 aromatic carbocycles. The van der Waals surface area contributed by atoms with Crippen LogP contribution < -0.4 is 5.32 Å². The molecule has 0 aliphatic carbocycles. The number of fused-ring (bicyclic) bond motifs is 1. The van der Waals surface area contributed by atoms with E-state index in [1.165, 1.54) is 0 Å². The zero-order valence-corrected chi connectivity index (χ0v) is 15.1. The standard InChI is InChI=1S/C20H19N3O2S/c1-21-18(24)10-9-13-7-8-14(12-19(25)23-20(13)26)15-4-2-6-17-16(15)5-3-11-22-17/h2-6,11-13H,1,7-10H2,(H,23,25,26)/b14-12+. The van der Waals surface area contributed by atoms with Gasteiger partial charge < -0.3 is 5.32 Å². The van der Waals surface area contributed by atoms with Gasteiger partial charge in [-0.3, -0.25) is 14.6 Å². The Hall–Kier alpha value is -2.73. The van der Waals surface area contributed by atoms with Crippen LogP contribution in [0.1, 0.15) is 31.2 Å². The summed E-state index contributed by atoms with van der Waals surface area (Å²) >= 11 is 5.34. The quantitative estimate of drug-likeness (QED) is 0.665. The lowest BCUT2D eigenvalue weighted by molar-refractivity contribution is -0.118. The highest BCUT2D eigenvalue weighted by molar-refractivity contribution is 7.80. The number of carbonyl (C=O) groups excluding carboxylic acids is 2. The minimum Gasteiger partial charge on any atom is -0.317 e. The Labute approximate surface area is 157 Å². The van der Waals surface area contributed by atoms with Gasteiger partial charge >= 0.3 is 0 Å². The predicted molar refractivity (Wildman–Crippen MR) is 107 cm³/mol. The normalized spacial score (nSPS) is 19.8. The van der Waals surface area contributed by atoms with Crippen LogP contribution in [0.2, 0.25) is 0 Å². The van der Waals surface area contributed by atoms with Gasteiger partial charge in [0.25, 0.3) is 0 Å². The number of amides is 2. The zero-order chi connectivity index (χ0) is 18.5. The molecule has 1 aliphatic rings. The molecule has 0 saturated carbocycles. The van der Waals surface area contributed by atoms with E-state index in [2.05, 4.69) is 22.0 Å². The van der Waals surface area contributed by atoms with E-state index >= 15 is 0 Å². The molecule has 2 amide bonds. The van der Waals surface area contributed by atoms with Crippen molar-refractivity contribution >= 4 is 52.2 Å². The molecular formula is C20H19N3O2S. The first-order chi connectivity index (χ1) is 12.6. The van der Waals surface area contributed by atoms with Crippen molar-refractivity contribution in [2.45, 2.75) is 25.7 Å². The molecular weight excluding hydrogens is 346 g/mol. The van der Waals surface area contributed by atoms with Gasteiger partial charge in [0.2, 0.25) is 11.8 Å². The van der Waals surface area contributed by atoms with Gasteiger partial charge in [-0.25, -0.2) is 4.99 Å². The van der Waals surface area contributed by atoms with E-state index in [1.54, 1.807) is 12.3 Å². The molecule has 2 aromatic rings. The third-order valence-corrected chi connectivity index (χ3v) is 4.99. The number of nitrogens with one attached hydrogen (secondary N) is 1. The monoisotopic (exact) mass is 365 g/mol. The van der Waals surface area contributed by atoms with Crippen molar-refractivity contribution in [1.29, 1.82) is 0 Å². The summed E-state index contributed by atoms with van der Waals surface area (Å²) in [5, 5.41) is 3.78. The molecule has 0 saturated heterocycles. The van der Waals surface area contributed by atoms with E-state index in [9.17, 15) is 9.59 Å². The molecule has 132 valence electrons. The fourth-order valence-electron chi connectivity index (χ4n) is 3.20. The van der Waals surface area contributed by atoms with Crippen LogP contribution in [0.25, 0.3) is 16.5 Å². The number of hydrogen-bond donors (Lipinski definition) is 1. The van der Waals surface area contributed by atoms with E-state index in [0.717, 1.165) is 28.5 Å². The van der Waals surface area contributed by atoms with Crippen molar-refractivity contribution in [2.75, 3.05) is 0 Å². The van der Waals surface area contributed by atoms with Gasteiger partial charge in [-0.15, -0.1) is 0 Å². The average Bonchev–Trinajstić information content (AvgIpc) is 2.64. The summed E-state index contributed by atoms with van der Waals surface area (Å²) in [7, 11) is 0. The molecule has 26 heavy (non-hydrogen) atoms. The highest BCUT2D eigenvalue weighted by Gasteiger charge is 2.22. The summed E-state index contributed by atoms with van der Waals surface area (Å²) in [6, 6.07) is 9.79. The summed E-state index contributed by atoms with van der Waals surface area (Å²) in [5.74, 6) is -0.530. The molecule has 1 aromatic heterocycles. The summed E-state index contributed by atoms with van der Waals surface area (Å²) in [6.07, 6.45) is 5.65. The second-order valence-electron chi connectivity index (χ2n) is 6.22. The van der Waals surface area contributed by atoms with Crippen LogP contribution >= 0.6 is 12.2 Å². The second-order valence-corrected chi connectivity index (χ2v) is 6.66. The number of allylic oxidation sites excluding steroid dienone is 1. The molecule has 0 spiro atoms. The van der Waals surface area contributed by atoms with Crippen molar-refractivity contribution in [3.05, 3.63) is 48.2 Å². The van der Waals surface area contributed by atoms with E-state index in [1.807, 2.05) is 30.3 Å². The van der Waals surface area contributed by atoms with E-state index in [4.69, 9.17) is 12.2 Å². The molecule has 2 heterocycles. The van der Waals surface area contributed by atoms with Crippen LogP contribution in [0.5, 0.6) is 0 Å². The molecule has 1 atom stereocenters. The maximum atomic E-state index is 12.3. The number of aromatic nitrogens is 1. The van der Waals surface area contributed by atoms with Crippen LogP contribution in [-0.4, -0.2) is 28.5 Å². The van der Waals surface area contributed by atoms with Crippen molar-refractivity contribution in [2.24, 2.45) is 10.9 Å². The lowest BCUT2D eigenvalue weighted by Gasteiger charge is -2.22. The van der Waals surface area contributed by atoms with Crippen LogP contribution in [0.15, 0.2) is 47.6 Å². The van der Waals surface area contributed by atoms with E-state index in [0.29, 0.717) is 17.8 Å². The first-order valence-corrected chi connectivity index (χ1v) is 8.88. The predicted octanol–water partition coefficient (Wildman–Crippen LogP) is 3.48. The molecule has 1 unspecified atom stereocenters. The van der Waals surface area contributed by atoms with Crippen LogP contribution in [0.4, 0.5) is 0 Å². The highest BCUT2D eigenvalue weighted by atomic mass is 32.1. The fourth-order valence-corrected chi connectivity index (χ4v) is 3.54. The van der Waals surface area contributed by atoms with Crippen molar-refractivity contribution in [3.63, 3.8) is 0 Å². The lowest BCUT2D eigenvalue weighted by atomic mass is 9.89. The Morgan fingerprint density at radius 1 is 1.35 bits per heavy atom. The van der Waals surface area contributed by atoms with Gasteiger partial charge in [0.15, 0.2) is 0 Å². The summed E-state index contributed by atoms with van der Waals surface area (Å²) < 4.78 is 0. The summed E-state index contributed by atoms with van der Waals surface area (Å²) in [6.45, 7) is 3.25. The zero-order valence-electron chi connectivity index (χ0n) is 14.3. The first kappa shape index (κ1) is 18.1. The van der Waals surface area contributed by atoms with Gasteiger partial charge in [-0.1, -0.05) is 30.4 Å². The summed E-state index contributed by atoms with van der Waals surface area (Å²) in [5.41, 5.74) is 2.84. The second kappa shape index (κ2) is 8.10. The molecule has 1 N–H and O–H groups in total. The molecule has 0 radical (unpaired) electrons.